The molecule has 2 nitrogen and oxygen atoms in total. The van der Waals surface area contributed by atoms with Gasteiger partial charge in [-0.2, -0.15) is 0 Å². The molecular weight excluding hydrogens is 409 g/mol. The van der Waals surface area contributed by atoms with Crippen LogP contribution in [0.25, 0.3) is 29.1 Å². The molecule has 152 valence electrons. The first-order chi connectivity index (χ1) is 15.0. The SMILES string of the molecule is Cc1nc2ccccc2c(/C=C/c2ccc(Cl)cc2)c1C(=O)/C=C/c1ccc(F)cc1. The second-order valence-corrected chi connectivity index (χ2v) is 7.57. The third kappa shape index (κ3) is 4.79. The number of hydrogen-bond acceptors (Lipinski definition) is 2. The summed E-state index contributed by atoms with van der Waals surface area (Å²) in [6.07, 6.45) is 7.09. The number of para-hydroxylation sites is 1. The van der Waals surface area contributed by atoms with Crippen molar-refractivity contribution in [1.29, 1.82) is 0 Å². The second kappa shape index (κ2) is 9.07. The van der Waals surface area contributed by atoms with E-state index < -0.39 is 0 Å². The fourth-order valence-electron chi connectivity index (χ4n) is 3.43. The van der Waals surface area contributed by atoms with Gasteiger partial charge < -0.3 is 0 Å². The van der Waals surface area contributed by atoms with E-state index in [-0.39, 0.29) is 11.6 Å². The van der Waals surface area contributed by atoms with Gasteiger partial charge in [0.05, 0.1) is 11.1 Å². The summed E-state index contributed by atoms with van der Waals surface area (Å²) in [5.41, 5.74) is 4.56. The molecule has 0 aliphatic rings. The number of ketones is 1. The first kappa shape index (κ1) is 20.7. The molecule has 0 fully saturated rings. The molecule has 0 bridgehead atoms. The zero-order chi connectivity index (χ0) is 21.8. The van der Waals surface area contributed by atoms with E-state index in [2.05, 4.69) is 4.98 Å². The van der Waals surface area contributed by atoms with Gasteiger partial charge in [0.25, 0.3) is 0 Å². The number of fused-ring (bicyclic) bond motifs is 1. The van der Waals surface area contributed by atoms with Crippen molar-refractivity contribution in [2.75, 3.05) is 0 Å². The number of carbonyl (C=O) groups is 1. The molecule has 4 aromatic rings. The predicted octanol–water partition coefficient (Wildman–Crippen LogP) is 7.40. The number of rotatable bonds is 5. The van der Waals surface area contributed by atoms with Crippen molar-refractivity contribution in [1.82, 2.24) is 4.98 Å². The van der Waals surface area contributed by atoms with Crippen LogP contribution in [0, 0.1) is 12.7 Å². The van der Waals surface area contributed by atoms with Gasteiger partial charge in [0.1, 0.15) is 5.82 Å². The molecule has 4 rings (SSSR count). The summed E-state index contributed by atoms with van der Waals surface area (Å²) in [6, 6.07) is 21.3. The Labute approximate surface area is 185 Å². The number of benzene rings is 3. The molecule has 0 atom stereocenters. The smallest absolute Gasteiger partial charge is 0.188 e. The molecule has 0 spiro atoms. The first-order valence-electron chi connectivity index (χ1n) is 9.82. The quantitative estimate of drug-likeness (QED) is 0.245. The molecule has 1 aromatic heterocycles. The number of carbonyl (C=O) groups excluding carboxylic acids is 1. The number of halogens is 2. The lowest BCUT2D eigenvalue weighted by Gasteiger charge is -2.11. The van der Waals surface area contributed by atoms with Crippen LogP contribution in [0.15, 0.2) is 78.9 Å². The molecule has 4 heteroatoms. The normalized spacial score (nSPS) is 11.6. The lowest BCUT2D eigenvalue weighted by molar-refractivity contribution is 0.104. The molecule has 0 N–H and O–H groups in total. The molecular formula is C27H19ClFNO. The highest BCUT2D eigenvalue weighted by Gasteiger charge is 2.15. The van der Waals surface area contributed by atoms with Crippen molar-refractivity contribution in [3.8, 4) is 0 Å². The maximum Gasteiger partial charge on any atom is 0.188 e. The van der Waals surface area contributed by atoms with E-state index in [1.807, 2.05) is 67.6 Å². The Morgan fingerprint density at radius 2 is 1.52 bits per heavy atom. The highest BCUT2D eigenvalue weighted by Crippen LogP contribution is 2.27. The highest BCUT2D eigenvalue weighted by molar-refractivity contribution is 6.30. The van der Waals surface area contributed by atoms with Gasteiger partial charge in [-0.1, -0.05) is 72.3 Å². The van der Waals surface area contributed by atoms with Gasteiger partial charge in [0.15, 0.2) is 5.78 Å². The molecule has 0 saturated carbocycles. The van der Waals surface area contributed by atoms with Crippen LogP contribution in [0.5, 0.6) is 0 Å². The van der Waals surface area contributed by atoms with Gasteiger partial charge in [-0.3, -0.25) is 9.78 Å². The van der Waals surface area contributed by atoms with Crippen LogP contribution in [0.1, 0.15) is 32.7 Å². The molecule has 0 aliphatic heterocycles. The molecule has 31 heavy (non-hydrogen) atoms. The summed E-state index contributed by atoms with van der Waals surface area (Å²) in [7, 11) is 0. The van der Waals surface area contributed by atoms with E-state index in [0.29, 0.717) is 16.3 Å². The summed E-state index contributed by atoms with van der Waals surface area (Å²) in [6.45, 7) is 1.84. The van der Waals surface area contributed by atoms with Crippen molar-refractivity contribution in [3.63, 3.8) is 0 Å². The van der Waals surface area contributed by atoms with Crippen LogP contribution < -0.4 is 0 Å². The van der Waals surface area contributed by atoms with Crippen molar-refractivity contribution >= 4 is 46.5 Å². The standard InChI is InChI=1S/C27H19ClFNO/c1-18-27(26(31)17-11-20-8-14-22(29)15-9-20)24(23-4-2-3-5-25(23)30-18)16-10-19-6-12-21(28)13-7-19/h2-17H,1H3/b16-10+,17-11+. The van der Waals surface area contributed by atoms with Gasteiger partial charge >= 0.3 is 0 Å². The number of aromatic nitrogens is 1. The molecule has 0 aliphatic carbocycles. The topological polar surface area (TPSA) is 30.0 Å². The Bertz CT molecular complexity index is 1310. The van der Waals surface area contributed by atoms with Crippen LogP contribution in [0.2, 0.25) is 5.02 Å². The van der Waals surface area contributed by atoms with E-state index in [4.69, 9.17) is 11.6 Å². The lowest BCUT2D eigenvalue weighted by Crippen LogP contribution is -2.05. The maximum atomic E-state index is 13.2. The van der Waals surface area contributed by atoms with Gasteiger partial charge in [-0.15, -0.1) is 0 Å². The zero-order valence-electron chi connectivity index (χ0n) is 16.8. The van der Waals surface area contributed by atoms with Gasteiger partial charge in [0.2, 0.25) is 0 Å². The summed E-state index contributed by atoms with van der Waals surface area (Å²) < 4.78 is 13.1. The molecule has 0 radical (unpaired) electrons. The minimum absolute atomic E-state index is 0.157. The van der Waals surface area contributed by atoms with Crippen LogP contribution >= 0.6 is 11.6 Å². The lowest BCUT2D eigenvalue weighted by atomic mass is 9.96. The Hall–Kier alpha value is -3.56. The molecule has 0 saturated heterocycles. The summed E-state index contributed by atoms with van der Waals surface area (Å²) in [5.74, 6) is -0.469. The third-order valence-electron chi connectivity index (χ3n) is 4.97. The highest BCUT2D eigenvalue weighted by atomic mass is 35.5. The van der Waals surface area contributed by atoms with Crippen molar-refractivity contribution in [3.05, 3.63) is 118 Å². The molecule has 3 aromatic carbocycles. The average Bonchev–Trinajstić information content (AvgIpc) is 2.77. The number of allylic oxidation sites excluding steroid dienone is 1. The van der Waals surface area contributed by atoms with Crippen LogP contribution in [-0.4, -0.2) is 10.8 Å². The fraction of sp³-hybridized carbons (Fsp3) is 0.0370. The first-order valence-corrected chi connectivity index (χ1v) is 10.2. The van der Waals surface area contributed by atoms with E-state index in [9.17, 15) is 9.18 Å². The summed E-state index contributed by atoms with van der Waals surface area (Å²) >= 11 is 5.98. The van der Waals surface area contributed by atoms with Gasteiger partial charge in [0, 0.05) is 16.1 Å². The molecule has 0 amide bonds. The predicted molar refractivity (Wildman–Crippen MR) is 127 cm³/mol. The molecule has 1 heterocycles. The minimum Gasteiger partial charge on any atom is -0.289 e. The Morgan fingerprint density at radius 1 is 0.871 bits per heavy atom. The summed E-state index contributed by atoms with van der Waals surface area (Å²) in [4.78, 5) is 17.8. The zero-order valence-corrected chi connectivity index (χ0v) is 17.6. The number of nitrogens with zero attached hydrogens (tertiary/aromatic N) is 1. The molecule has 0 unspecified atom stereocenters. The monoisotopic (exact) mass is 427 g/mol. The van der Waals surface area contributed by atoms with Crippen molar-refractivity contribution in [2.45, 2.75) is 6.92 Å². The maximum absolute atomic E-state index is 13.2. The Kier molecular flexibility index (Phi) is 6.06. The van der Waals surface area contributed by atoms with Crippen LogP contribution in [-0.2, 0) is 0 Å². The van der Waals surface area contributed by atoms with E-state index in [1.165, 1.54) is 18.2 Å². The van der Waals surface area contributed by atoms with E-state index >= 15 is 0 Å². The third-order valence-corrected chi connectivity index (χ3v) is 5.22. The summed E-state index contributed by atoms with van der Waals surface area (Å²) in [5, 5.41) is 1.57. The Balaban J connectivity index is 1.79. The van der Waals surface area contributed by atoms with Gasteiger partial charge in [-0.25, -0.2) is 4.39 Å². The average molecular weight is 428 g/mol. The number of aryl methyl sites for hydroxylation is 1. The fourth-order valence-corrected chi connectivity index (χ4v) is 3.56. The van der Waals surface area contributed by atoms with Crippen molar-refractivity contribution in [2.24, 2.45) is 0 Å². The number of hydrogen-bond donors (Lipinski definition) is 0. The largest absolute Gasteiger partial charge is 0.289 e. The van der Waals surface area contributed by atoms with Crippen LogP contribution in [0.4, 0.5) is 4.39 Å². The second-order valence-electron chi connectivity index (χ2n) is 7.14. The Morgan fingerprint density at radius 3 is 2.26 bits per heavy atom. The van der Waals surface area contributed by atoms with E-state index in [0.717, 1.165) is 27.6 Å². The van der Waals surface area contributed by atoms with E-state index in [1.54, 1.807) is 18.2 Å². The van der Waals surface area contributed by atoms with Gasteiger partial charge in [-0.05, 0) is 60.0 Å². The van der Waals surface area contributed by atoms with Crippen LogP contribution in [0.3, 0.4) is 0 Å². The van der Waals surface area contributed by atoms with Crippen molar-refractivity contribution < 1.29 is 9.18 Å². The number of pyridine rings is 1. The minimum atomic E-state index is -0.312.